The Labute approximate surface area is 169 Å². The molecule has 1 saturated heterocycles. The topological polar surface area (TPSA) is 65.2 Å². The van der Waals surface area contributed by atoms with Crippen molar-refractivity contribution in [2.24, 2.45) is 7.05 Å². The first kappa shape index (κ1) is 18.0. The molecular weight excluding hydrogens is 366 g/mol. The van der Waals surface area contributed by atoms with Crippen LogP contribution in [0.1, 0.15) is 35.4 Å². The molecule has 29 heavy (non-hydrogen) atoms. The Balaban J connectivity index is 1.34. The number of hydrogen-bond donors (Lipinski definition) is 0. The number of hydrogen-bond acceptors (Lipinski definition) is 4. The smallest absolute Gasteiger partial charge is 0.253 e. The van der Waals surface area contributed by atoms with Gasteiger partial charge in [-0.05, 0) is 37.5 Å². The third kappa shape index (κ3) is 2.92. The lowest BCUT2D eigenvalue weighted by Gasteiger charge is -2.38. The van der Waals surface area contributed by atoms with Crippen molar-refractivity contribution in [1.82, 2.24) is 24.2 Å². The van der Waals surface area contributed by atoms with Gasteiger partial charge in [0.05, 0.1) is 25.2 Å². The SMILES string of the molecule is COc1cccc(C(=O)N2CCC3(CC2)CCn2c(-c4cnn(C)c4)cnc23)c1. The molecule has 3 aromatic rings. The highest BCUT2D eigenvalue weighted by molar-refractivity contribution is 5.94. The lowest BCUT2D eigenvalue weighted by Crippen LogP contribution is -2.44. The Morgan fingerprint density at radius 2 is 1.93 bits per heavy atom. The molecule has 5 rings (SSSR count). The van der Waals surface area contributed by atoms with Gasteiger partial charge in [-0.25, -0.2) is 4.98 Å². The van der Waals surface area contributed by atoms with Crippen LogP contribution in [-0.2, 0) is 19.0 Å². The number of amides is 1. The molecule has 0 unspecified atom stereocenters. The number of likely N-dealkylation sites (tertiary alicyclic amines) is 1. The summed E-state index contributed by atoms with van der Waals surface area (Å²) in [5.41, 5.74) is 3.01. The van der Waals surface area contributed by atoms with Crippen LogP contribution in [-0.4, -0.2) is 50.3 Å². The molecule has 2 aliphatic heterocycles. The number of carbonyl (C=O) groups is 1. The van der Waals surface area contributed by atoms with E-state index in [1.54, 1.807) is 7.11 Å². The molecule has 0 aliphatic carbocycles. The molecule has 1 spiro atoms. The minimum Gasteiger partial charge on any atom is -0.497 e. The van der Waals surface area contributed by atoms with Gasteiger partial charge in [0, 0.05) is 49.4 Å². The van der Waals surface area contributed by atoms with Crippen molar-refractivity contribution in [3.63, 3.8) is 0 Å². The fourth-order valence-corrected chi connectivity index (χ4v) is 4.80. The second-order valence-electron chi connectivity index (χ2n) is 8.08. The predicted molar refractivity (Wildman–Crippen MR) is 109 cm³/mol. The van der Waals surface area contributed by atoms with Gasteiger partial charge in [-0.1, -0.05) is 6.07 Å². The van der Waals surface area contributed by atoms with Crippen LogP contribution in [0.4, 0.5) is 0 Å². The monoisotopic (exact) mass is 391 g/mol. The van der Waals surface area contributed by atoms with E-state index in [4.69, 9.17) is 9.72 Å². The summed E-state index contributed by atoms with van der Waals surface area (Å²) in [5.74, 6) is 1.96. The number of carbonyl (C=O) groups excluding carboxylic acids is 1. The van der Waals surface area contributed by atoms with Crippen LogP contribution in [0.15, 0.2) is 42.9 Å². The molecule has 1 amide bonds. The van der Waals surface area contributed by atoms with E-state index >= 15 is 0 Å². The van der Waals surface area contributed by atoms with Crippen LogP contribution in [0.5, 0.6) is 5.75 Å². The van der Waals surface area contributed by atoms with Crippen LogP contribution in [0, 0.1) is 0 Å². The fourth-order valence-electron chi connectivity index (χ4n) is 4.80. The highest BCUT2D eigenvalue weighted by Gasteiger charge is 2.44. The molecule has 150 valence electrons. The van der Waals surface area contributed by atoms with Crippen molar-refractivity contribution in [1.29, 1.82) is 0 Å². The average molecular weight is 391 g/mol. The molecule has 2 aliphatic rings. The van der Waals surface area contributed by atoms with E-state index in [-0.39, 0.29) is 11.3 Å². The van der Waals surface area contributed by atoms with Gasteiger partial charge in [0.2, 0.25) is 0 Å². The van der Waals surface area contributed by atoms with Gasteiger partial charge in [-0.3, -0.25) is 9.48 Å². The second-order valence-corrected chi connectivity index (χ2v) is 8.08. The van der Waals surface area contributed by atoms with Gasteiger partial charge in [0.1, 0.15) is 11.6 Å². The van der Waals surface area contributed by atoms with E-state index in [2.05, 4.69) is 9.67 Å². The Morgan fingerprint density at radius 3 is 2.66 bits per heavy atom. The Bertz CT molecular complexity index is 1060. The summed E-state index contributed by atoms with van der Waals surface area (Å²) >= 11 is 0. The molecule has 0 N–H and O–H groups in total. The van der Waals surface area contributed by atoms with Crippen LogP contribution in [0.3, 0.4) is 0 Å². The second kappa shape index (κ2) is 6.76. The summed E-state index contributed by atoms with van der Waals surface area (Å²) in [6.07, 6.45) is 8.89. The van der Waals surface area contributed by atoms with E-state index in [0.29, 0.717) is 11.3 Å². The number of fused-ring (bicyclic) bond motifs is 2. The first-order valence-corrected chi connectivity index (χ1v) is 10.1. The first-order valence-electron chi connectivity index (χ1n) is 10.1. The molecule has 0 radical (unpaired) electrons. The summed E-state index contributed by atoms with van der Waals surface area (Å²) in [6, 6.07) is 7.40. The largest absolute Gasteiger partial charge is 0.497 e. The standard InChI is InChI=1S/C22H25N5O2/c1-25-15-17(13-24-25)19-14-23-21-22(8-11-27(19)21)6-9-26(10-7-22)20(28)16-4-3-5-18(12-16)29-2/h3-5,12-15H,6-11H2,1-2H3. The molecule has 0 saturated carbocycles. The van der Waals surface area contributed by atoms with E-state index in [0.717, 1.165) is 50.2 Å². The minimum absolute atomic E-state index is 0.0750. The Kier molecular flexibility index (Phi) is 4.19. The first-order chi connectivity index (χ1) is 14.1. The average Bonchev–Trinajstić information content (AvgIpc) is 3.45. The normalized spacial score (nSPS) is 17.5. The van der Waals surface area contributed by atoms with Crippen LogP contribution >= 0.6 is 0 Å². The van der Waals surface area contributed by atoms with E-state index < -0.39 is 0 Å². The number of nitrogens with zero attached hydrogens (tertiary/aromatic N) is 5. The summed E-state index contributed by atoms with van der Waals surface area (Å²) in [6.45, 7) is 2.49. The van der Waals surface area contributed by atoms with Gasteiger partial charge in [0.15, 0.2) is 0 Å². The highest BCUT2D eigenvalue weighted by Crippen LogP contribution is 2.44. The van der Waals surface area contributed by atoms with Crippen LogP contribution in [0.25, 0.3) is 11.3 Å². The number of ether oxygens (including phenoxy) is 1. The van der Waals surface area contributed by atoms with E-state index in [9.17, 15) is 4.79 Å². The van der Waals surface area contributed by atoms with Crippen molar-refractivity contribution >= 4 is 5.91 Å². The van der Waals surface area contributed by atoms with Crippen molar-refractivity contribution in [3.05, 3.63) is 54.2 Å². The lowest BCUT2D eigenvalue weighted by molar-refractivity contribution is 0.0663. The molecule has 1 fully saturated rings. The van der Waals surface area contributed by atoms with Gasteiger partial charge < -0.3 is 14.2 Å². The maximum absolute atomic E-state index is 12.9. The molecule has 0 atom stereocenters. The van der Waals surface area contributed by atoms with Gasteiger partial charge in [-0.15, -0.1) is 0 Å². The predicted octanol–water partition coefficient (Wildman–Crippen LogP) is 2.87. The highest BCUT2D eigenvalue weighted by atomic mass is 16.5. The van der Waals surface area contributed by atoms with Gasteiger partial charge >= 0.3 is 0 Å². The van der Waals surface area contributed by atoms with E-state index in [1.807, 2.05) is 59.5 Å². The maximum Gasteiger partial charge on any atom is 0.253 e. The summed E-state index contributed by atoms with van der Waals surface area (Å²) < 4.78 is 9.43. The zero-order valence-electron chi connectivity index (χ0n) is 16.8. The molecule has 0 bridgehead atoms. The number of imidazole rings is 1. The fraction of sp³-hybridized carbons (Fsp3) is 0.409. The number of rotatable bonds is 3. The van der Waals surface area contributed by atoms with Crippen LogP contribution in [0.2, 0.25) is 0 Å². The van der Waals surface area contributed by atoms with E-state index in [1.165, 1.54) is 5.82 Å². The van der Waals surface area contributed by atoms with Crippen molar-refractivity contribution in [2.75, 3.05) is 20.2 Å². The molecule has 2 aromatic heterocycles. The summed E-state index contributed by atoms with van der Waals surface area (Å²) in [4.78, 5) is 19.7. The van der Waals surface area contributed by atoms with Crippen molar-refractivity contribution < 1.29 is 9.53 Å². The Hall–Kier alpha value is -3.09. The van der Waals surface area contributed by atoms with Gasteiger partial charge in [-0.2, -0.15) is 5.10 Å². The third-order valence-electron chi connectivity index (χ3n) is 6.47. The third-order valence-corrected chi connectivity index (χ3v) is 6.47. The molecule has 1 aromatic carbocycles. The zero-order valence-corrected chi connectivity index (χ0v) is 16.8. The number of aromatic nitrogens is 4. The quantitative estimate of drug-likeness (QED) is 0.689. The number of aryl methyl sites for hydroxylation is 1. The molecular formula is C22H25N5O2. The van der Waals surface area contributed by atoms with Crippen LogP contribution < -0.4 is 4.74 Å². The minimum atomic E-state index is 0.0750. The van der Waals surface area contributed by atoms with Crippen molar-refractivity contribution in [2.45, 2.75) is 31.2 Å². The lowest BCUT2D eigenvalue weighted by atomic mass is 9.76. The van der Waals surface area contributed by atoms with Gasteiger partial charge in [0.25, 0.3) is 5.91 Å². The number of benzene rings is 1. The number of methoxy groups -OCH3 is 1. The Morgan fingerprint density at radius 1 is 1.14 bits per heavy atom. The number of piperidine rings is 1. The zero-order chi connectivity index (χ0) is 20.0. The maximum atomic E-state index is 12.9. The molecule has 4 heterocycles. The molecule has 7 nitrogen and oxygen atoms in total. The summed E-state index contributed by atoms with van der Waals surface area (Å²) in [7, 11) is 3.55. The van der Waals surface area contributed by atoms with Crippen molar-refractivity contribution in [3.8, 4) is 17.0 Å². The summed E-state index contributed by atoms with van der Waals surface area (Å²) in [5, 5.41) is 4.30. The molecule has 7 heteroatoms.